The number of guanidine groups is 1. The number of rotatable bonds is 6. The fraction of sp³-hybridized carbons (Fsp3) is 0.294. The number of hydrogen-bond donors (Lipinski definition) is 3. The van der Waals surface area contributed by atoms with Gasteiger partial charge in [0, 0.05) is 11.4 Å². The third-order valence-corrected chi connectivity index (χ3v) is 4.44. The van der Waals surface area contributed by atoms with Crippen LogP contribution in [0, 0.1) is 24.4 Å². The summed E-state index contributed by atoms with van der Waals surface area (Å²) in [4.78, 5) is 17.1. The van der Waals surface area contributed by atoms with Crippen molar-refractivity contribution in [3.05, 3.63) is 51.5 Å². The maximum atomic E-state index is 13.6. The van der Waals surface area contributed by atoms with Crippen molar-refractivity contribution in [2.24, 2.45) is 4.99 Å². The Hall–Kier alpha value is -2.55. The van der Waals surface area contributed by atoms with Gasteiger partial charge in [-0.15, -0.1) is 11.3 Å². The van der Waals surface area contributed by atoms with Gasteiger partial charge in [0.2, 0.25) is 5.91 Å². The van der Waals surface area contributed by atoms with Crippen LogP contribution in [0.15, 0.2) is 28.6 Å². The van der Waals surface area contributed by atoms with E-state index in [1.807, 2.05) is 25.3 Å². The minimum Gasteiger partial charge on any atom is -0.357 e. The molecule has 0 fully saturated rings. The smallest absolute Gasteiger partial charge is 0.246 e. The Bertz CT molecular complexity index is 807. The lowest BCUT2D eigenvalue weighted by atomic mass is 10.3. The molecular formula is C17H19F3N4OS. The summed E-state index contributed by atoms with van der Waals surface area (Å²) in [6.45, 7) is 4.71. The van der Waals surface area contributed by atoms with Gasteiger partial charge in [-0.25, -0.2) is 18.2 Å². The van der Waals surface area contributed by atoms with E-state index in [9.17, 15) is 18.0 Å². The number of anilines is 1. The average Bonchev–Trinajstić information content (AvgIpc) is 3.03. The SMILES string of the molecule is CCNC(=NCC(=O)Nc1ccc(F)c(F)c1F)NCc1sccc1C. The standard InChI is InChI=1S/C17H19F3N4OS/c1-3-21-17(22-8-13-10(2)6-7-26-13)23-9-14(25)24-12-5-4-11(18)15(19)16(12)20/h4-7H,3,8-9H2,1-2H3,(H,24,25)(H2,21,22,23). The van der Waals surface area contributed by atoms with E-state index in [0.717, 1.165) is 22.6 Å². The predicted octanol–water partition coefficient (Wildman–Crippen LogP) is 3.17. The molecule has 9 heteroatoms. The number of halogens is 3. The van der Waals surface area contributed by atoms with Crippen LogP contribution in [-0.4, -0.2) is 25.0 Å². The highest BCUT2D eigenvalue weighted by molar-refractivity contribution is 7.10. The second kappa shape index (κ2) is 9.23. The first-order valence-electron chi connectivity index (χ1n) is 7.90. The van der Waals surface area contributed by atoms with Crippen molar-refractivity contribution < 1.29 is 18.0 Å². The van der Waals surface area contributed by atoms with Gasteiger partial charge < -0.3 is 16.0 Å². The highest BCUT2D eigenvalue weighted by Crippen LogP contribution is 2.19. The highest BCUT2D eigenvalue weighted by atomic mass is 32.1. The molecule has 5 nitrogen and oxygen atoms in total. The van der Waals surface area contributed by atoms with Gasteiger partial charge in [0.05, 0.1) is 12.2 Å². The Kier molecular flexibility index (Phi) is 7.02. The van der Waals surface area contributed by atoms with Gasteiger partial charge in [0.1, 0.15) is 6.54 Å². The number of aryl methyl sites for hydroxylation is 1. The van der Waals surface area contributed by atoms with Crippen molar-refractivity contribution in [3.63, 3.8) is 0 Å². The van der Waals surface area contributed by atoms with E-state index in [0.29, 0.717) is 19.0 Å². The molecule has 1 heterocycles. The molecule has 0 unspecified atom stereocenters. The second-order valence-corrected chi connectivity index (χ2v) is 6.35. The van der Waals surface area contributed by atoms with Crippen LogP contribution in [0.3, 0.4) is 0 Å². The molecule has 1 aromatic carbocycles. The summed E-state index contributed by atoms with van der Waals surface area (Å²) in [7, 11) is 0. The number of aliphatic imine (C=N–C) groups is 1. The number of hydrogen-bond acceptors (Lipinski definition) is 3. The first kappa shape index (κ1) is 19.8. The third kappa shape index (κ3) is 5.22. The summed E-state index contributed by atoms with van der Waals surface area (Å²) in [5.41, 5.74) is 0.723. The fourth-order valence-electron chi connectivity index (χ4n) is 2.05. The molecule has 26 heavy (non-hydrogen) atoms. The van der Waals surface area contributed by atoms with E-state index >= 15 is 0 Å². The van der Waals surface area contributed by atoms with E-state index in [-0.39, 0.29) is 6.54 Å². The number of nitrogens with zero attached hydrogens (tertiary/aromatic N) is 1. The Morgan fingerprint density at radius 1 is 1.15 bits per heavy atom. The van der Waals surface area contributed by atoms with Crippen LogP contribution >= 0.6 is 11.3 Å². The average molecular weight is 384 g/mol. The lowest BCUT2D eigenvalue weighted by Crippen LogP contribution is -2.37. The fourth-order valence-corrected chi connectivity index (χ4v) is 2.90. The summed E-state index contributed by atoms with van der Waals surface area (Å²) < 4.78 is 39.6. The number of benzene rings is 1. The monoisotopic (exact) mass is 384 g/mol. The minimum absolute atomic E-state index is 0.308. The summed E-state index contributed by atoms with van der Waals surface area (Å²) in [5.74, 6) is -4.63. The lowest BCUT2D eigenvalue weighted by Gasteiger charge is -2.11. The molecule has 2 rings (SSSR count). The van der Waals surface area contributed by atoms with E-state index < -0.39 is 29.0 Å². The van der Waals surface area contributed by atoms with Gasteiger partial charge in [0.15, 0.2) is 23.4 Å². The van der Waals surface area contributed by atoms with Crippen LogP contribution in [0.2, 0.25) is 0 Å². The third-order valence-electron chi connectivity index (χ3n) is 3.42. The topological polar surface area (TPSA) is 65.5 Å². The van der Waals surface area contributed by atoms with E-state index in [1.165, 1.54) is 0 Å². The van der Waals surface area contributed by atoms with Crippen molar-refractivity contribution >= 4 is 28.9 Å². The van der Waals surface area contributed by atoms with Gasteiger partial charge >= 0.3 is 0 Å². The Labute approximate surface area is 153 Å². The van der Waals surface area contributed by atoms with Gasteiger partial charge in [0.25, 0.3) is 0 Å². The van der Waals surface area contributed by atoms with Gasteiger partial charge in [-0.2, -0.15) is 0 Å². The molecule has 0 bridgehead atoms. The van der Waals surface area contributed by atoms with Crippen molar-refractivity contribution in [2.75, 3.05) is 18.4 Å². The molecule has 0 atom stereocenters. The molecule has 140 valence electrons. The number of carbonyl (C=O) groups is 1. The summed E-state index contributed by atoms with van der Waals surface area (Å²) in [6.07, 6.45) is 0. The molecule has 0 saturated heterocycles. The lowest BCUT2D eigenvalue weighted by molar-refractivity contribution is -0.114. The summed E-state index contributed by atoms with van der Waals surface area (Å²) >= 11 is 1.61. The van der Waals surface area contributed by atoms with Crippen LogP contribution in [0.1, 0.15) is 17.4 Å². The van der Waals surface area contributed by atoms with Crippen molar-refractivity contribution in [3.8, 4) is 0 Å². The van der Waals surface area contributed by atoms with Crippen molar-refractivity contribution in [1.29, 1.82) is 0 Å². The molecule has 3 N–H and O–H groups in total. The second-order valence-electron chi connectivity index (χ2n) is 5.35. The normalized spacial score (nSPS) is 11.3. The molecule has 2 aromatic rings. The van der Waals surface area contributed by atoms with E-state index in [1.54, 1.807) is 11.3 Å². The van der Waals surface area contributed by atoms with Crippen LogP contribution in [0.4, 0.5) is 18.9 Å². The molecule has 1 amide bonds. The largest absolute Gasteiger partial charge is 0.357 e. The highest BCUT2D eigenvalue weighted by Gasteiger charge is 2.15. The van der Waals surface area contributed by atoms with Crippen LogP contribution in [-0.2, 0) is 11.3 Å². The zero-order valence-corrected chi connectivity index (χ0v) is 15.1. The van der Waals surface area contributed by atoms with E-state index in [4.69, 9.17) is 0 Å². The van der Waals surface area contributed by atoms with Gasteiger partial charge in [-0.1, -0.05) is 0 Å². The first-order chi connectivity index (χ1) is 12.4. The number of carbonyl (C=O) groups excluding carboxylic acids is 1. The van der Waals surface area contributed by atoms with Crippen LogP contribution in [0.25, 0.3) is 0 Å². The summed E-state index contributed by atoms with van der Waals surface area (Å²) in [6, 6.07) is 3.71. The minimum atomic E-state index is -1.63. The molecule has 0 aliphatic heterocycles. The van der Waals surface area contributed by atoms with E-state index in [2.05, 4.69) is 20.9 Å². The van der Waals surface area contributed by atoms with Gasteiger partial charge in [-0.05, 0) is 43.0 Å². The maximum absolute atomic E-state index is 13.6. The molecule has 0 saturated carbocycles. The quantitative estimate of drug-likeness (QED) is 0.407. The Morgan fingerprint density at radius 3 is 2.58 bits per heavy atom. The molecular weight excluding hydrogens is 365 g/mol. The van der Waals surface area contributed by atoms with Crippen molar-refractivity contribution in [1.82, 2.24) is 10.6 Å². The first-order valence-corrected chi connectivity index (χ1v) is 8.78. The molecule has 0 radical (unpaired) electrons. The van der Waals surface area contributed by atoms with Gasteiger partial charge in [-0.3, -0.25) is 4.79 Å². The molecule has 1 aromatic heterocycles. The van der Waals surface area contributed by atoms with Crippen LogP contribution in [0.5, 0.6) is 0 Å². The molecule has 0 aliphatic carbocycles. The van der Waals surface area contributed by atoms with Crippen molar-refractivity contribution in [2.45, 2.75) is 20.4 Å². The number of nitrogens with one attached hydrogen (secondary N) is 3. The summed E-state index contributed by atoms with van der Waals surface area (Å²) in [5, 5.41) is 10.2. The zero-order chi connectivity index (χ0) is 19.1. The molecule has 0 spiro atoms. The maximum Gasteiger partial charge on any atom is 0.246 e. The number of thiophene rings is 1. The van der Waals surface area contributed by atoms with Crippen LogP contribution < -0.4 is 16.0 Å². The zero-order valence-electron chi connectivity index (χ0n) is 14.3. The molecule has 0 aliphatic rings. The number of amides is 1. The Morgan fingerprint density at radius 2 is 1.92 bits per heavy atom. The Balaban J connectivity index is 1.96. The predicted molar refractivity (Wildman–Crippen MR) is 96.8 cm³/mol.